The summed E-state index contributed by atoms with van der Waals surface area (Å²) in [4.78, 5) is 2.51. The number of morpholine rings is 1. The predicted octanol–water partition coefficient (Wildman–Crippen LogP) is 1.98. The minimum absolute atomic E-state index is 0.518. The molecule has 0 unspecified atom stereocenters. The summed E-state index contributed by atoms with van der Waals surface area (Å²) < 4.78 is 5.36. The molecule has 0 aromatic rings. The lowest BCUT2D eigenvalue weighted by Crippen LogP contribution is -2.37. The molecule has 18 heavy (non-hydrogen) atoms. The number of nitrogens with one attached hydrogen (secondary N) is 1. The van der Waals surface area contributed by atoms with Crippen molar-refractivity contribution < 1.29 is 4.74 Å². The van der Waals surface area contributed by atoms with Crippen LogP contribution in [-0.4, -0.2) is 50.8 Å². The largest absolute Gasteiger partial charge is 0.379 e. The zero-order valence-electron chi connectivity index (χ0n) is 12.6. The van der Waals surface area contributed by atoms with Gasteiger partial charge >= 0.3 is 0 Å². The highest BCUT2D eigenvalue weighted by Crippen LogP contribution is 2.67. The summed E-state index contributed by atoms with van der Waals surface area (Å²) in [7, 11) is 0. The molecule has 2 fully saturated rings. The second-order valence-corrected chi connectivity index (χ2v) is 7.01. The van der Waals surface area contributed by atoms with Crippen LogP contribution in [0.2, 0.25) is 0 Å². The first-order valence-electron chi connectivity index (χ1n) is 7.47. The molecule has 2 rings (SSSR count). The quantitative estimate of drug-likeness (QED) is 0.734. The van der Waals surface area contributed by atoms with E-state index in [2.05, 4.69) is 37.9 Å². The molecular weight excluding hydrogens is 224 g/mol. The summed E-state index contributed by atoms with van der Waals surface area (Å²) in [5.74, 6) is 0.841. The van der Waals surface area contributed by atoms with Gasteiger partial charge in [-0.25, -0.2) is 0 Å². The van der Waals surface area contributed by atoms with Crippen LogP contribution < -0.4 is 5.32 Å². The molecule has 1 saturated heterocycles. The van der Waals surface area contributed by atoms with Gasteiger partial charge in [-0.1, -0.05) is 27.7 Å². The zero-order valence-corrected chi connectivity index (χ0v) is 12.6. The summed E-state index contributed by atoms with van der Waals surface area (Å²) in [6, 6.07) is 0. The van der Waals surface area contributed by atoms with Crippen LogP contribution in [0, 0.1) is 16.7 Å². The van der Waals surface area contributed by atoms with Gasteiger partial charge in [0.05, 0.1) is 13.2 Å². The average molecular weight is 254 g/mol. The second-order valence-electron chi connectivity index (χ2n) is 7.01. The molecule has 0 aromatic carbocycles. The molecule has 0 radical (unpaired) electrons. The Hall–Kier alpha value is -0.120. The first-order valence-corrected chi connectivity index (χ1v) is 7.47. The molecule has 1 aliphatic carbocycles. The van der Waals surface area contributed by atoms with Crippen LogP contribution in [-0.2, 0) is 4.74 Å². The van der Waals surface area contributed by atoms with Crippen molar-refractivity contribution in [2.45, 2.75) is 34.1 Å². The van der Waals surface area contributed by atoms with Crippen LogP contribution in [0.25, 0.3) is 0 Å². The molecule has 0 bridgehead atoms. The molecule has 0 aromatic heterocycles. The maximum absolute atomic E-state index is 5.36. The summed E-state index contributed by atoms with van der Waals surface area (Å²) in [6.45, 7) is 17.2. The second kappa shape index (κ2) is 5.48. The van der Waals surface area contributed by atoms with Crippen molar-refractivity contribution in [2.75, 3.05) is 45.9 Å². The molecular formula is C15H30N2O. The van der Waals surface area contributed by atoms with E-state index >= 15 is 0 Å². The molecule has 106 valence electrons. The Bertz CT molecular complexity index is 256. The monoisotopic (exact) mass is 254 g/mol. The molecule has 1 saturated carbocycles. The number of rotatable bonds is 6. The van der Waals surface area contributed by atoms with Gasteiger partial charge in [-0.15, -0.1) is 0 Å². The summed E-state index contributed by atoms with van der Waals surface area (Å²) in [5, 5.41) is 3.64. The fraction of sp³-hybridized carbons (Fsp3) is 1.00. The Morgan fingerprint density at radius 2 is 1.72 bits per heavy atom. The third kappa shape index (κ3) is 2.89. The van der Waals surface area contributed by atoms with E-state index in [1.54, 1.807) is 0 Å². The SMILES string of the molecule is CC1(C)C(CNCCCN2CCOCC2)C1(C)C. The van der Waals surface area contributed by atoms with E-state index in [1.165, 1.54) is 19.5 Å². The smallest absolute Gasteiger partial charge is 0.0594 e. The van der Waals surface area contributed by atoms with Crippen molar-refractivity contribution >= 4 is 0 Å². The van der Waals surface area contributed by atoms with E-state index in [4.69, 9.17) is 4.74 Å². The zero-order chi connectivity index (χ0) is 13.2. The van der Waals surface area contributed by atoms with Gasteiger partial charge in [0.2, 0.25) is 0 Å². The first-order chi connectivity index (χ1) is 8.46. The maximum Gasteiger partial charge on any atom is 0.0594 e. The van der Waals surface area contributed by atoms with E-state index in [9.17, 15) is 0 Å². The fourth-order valence-electron chi connectivity index (χ4n) is 3.34. The lowest BCUT2D eigenvalue weighted by Gasteiger charge is -2.26. The van der Waals surface area contributed by atoms with Crippen molar-refractivity contribution in [3.8, 4) is 0 Å². The summed E-state index contributed by atoms with van der Waals surface area (Å²) >= 11 is 0. The number of hydrogen-bond acceptors (Lipinski definition) is 3. The van der Waals surface area contributed by atoms with Gasteiger partial charge in [0.1, 0.15) is 0 Å². The van der Waals surface area contributed by atoms with Gasteiger partial charge in [0.15, 0.2) is 0 Å². The van der Waals surface area contributed by atoms with Gasteiger partial charge in [-0.3, -0.25) is 4.90 Å². The topological polar surface area (TPSA) is 24.5 Å². The molecule has 1 aliphatic heterocycles. The fourth-order valence-corrected chi connectivity index (χ4v) is 3.34. The normalized spacial score (nSPS) is 27.3. The Kier molecular flexibility index (Phi) is 4.35. The third-order valence-corrected chi connectivity index (χ3v) is 5.60. The van der Waals surface area contributed by atoms with Crippen molar-refractivity contribution in [2.24, 2.45) is 16.7 Å². The summed E-state index contributed by atoms with van der Waals surface area (Å²) in [6.07, 6.45) is 1.26. The molecule has 1 heterocycles. The number of nitrogens with zero attached hydrogens (tertiary/aromatic N) is 1. The van der Waals surface area contributed by atoms with E-state index < -0.39 is 0 Å². The van der Waals surface area contributed by atoms with E-state index in [0.29, 0.717) is 10.8 Å². The number of ether oxygens (including phenoxy) is 1. The Labute approximate surface area is 112 Å². The lowest BCUT2D eigenvalue weighted by molar-refractivity contribution is 0.0374. The molecule has 0 amide bonds. The van der Waals surface area contributed by atoms with E-state index in [0.717, 1.165) is 38.8 Å². The van der Waals surface area contributed by atoms with E-state index in [-0.39, 0.29) is 0 Å². The van der Waals surface area contributed by atoms with Gasteiger partial charge in [-0.2, -0.15) is 0 Å². The highest BCUT2D eigenvalue weighted by molar-refractivity contribution is 5.12. The molecule has 0 spiro atoms. The van der Waals surface area contributed by atoms with Crippen molar-refractivity contribution in [1.29, 1.82) is 0 Å². The molecule has 1 N–H and O–H groups in total. The standard InChI is InChI=1S/C15H30N2O/c1-14(2)13(15(14,3)4)12-16-6-5-7-17-8-10-18-11-9-17/h13,16H,5-12H2,1-4H3. The average Bonchev–Trinajstić information content (AvgIpc) is 2.72. The number of hydrogen-bond donors (Lipinski definition) is 1. The van der Waals surface area contributed by atoms with Crippen LogP contribution in [0.3, 0.4) is 0 Å². The predicted molar refractivity (Wildman–Crippen MR) is 75.8 cm³/mol. The van der Waals surface area contributed by atoms with Crippen LogP contribution in [0.1, 0.15) is 34.1 Å². The molecule has 3 nitrogen and oxygen atoms in total. The third-order valence-electron chi connectivity index (χ3n) is 5.60. The highest BCUT2D eigenvalue weighted by Gasteiger charge is 2.63. The molecule has 3 heteroatoms. The van der Waals surface area contributed by atoms with Crippen molar-refractivity contribution in [1.82, 2.24) is 10.2 Å². The molecule has 2 aliphatic rings. The first kappa shape index (κ1) is 14.3. The van der Waals surface area contributed by atoms with Gasteiger partial charge < -0.3 is 10.1 Å². The van der Waals surface area contributed by atoms with Gasteiger partial charge in [0, 0.05) is 13.1 Å². The van der Waals surface area contributed by atoms with Crippen LogP contribution in [0.4, 0.5) is 0 Å². The van der Waals surface area contributed by atoms with Crippen LogP contribution in [0.15, 0.2) is 0 Å². The molecule has 0 atom stereocenters. The Morgan fingerprint density at radius 1 is 1.11 bits per heavy atom. The maximum atomic E-state index is 5.36. The van der Waals surface area contributed by atoms with Gasteiger partial charge in [-0.05, 0) is 42.8 Å². The van der Waals surface area contributed by atoms with Crippen LogP contribution >= 0.6 is 0 Å². The van der Waals surface area contributed by atoms with E-state index in [1.807, 2.05) is 0 Å². The minimum atomic E-state index is 0.518. The van der Waals surface area contributed by atoms with Crippen molar-refractivity contribution in [3.05, 3.63) is 0 Å². The lowest BCUT2D eigenvalue weighted by atomic mass is 10.0. The Balaban J connectivity index is 1.52. The van der Waals surface area contributed by atoms with Gasteiger partial charge in [0.25, 0.3) is 0 Å². The Morgan fingerprint density at radius 3 is 2.28 bits per heavy atom. The summed E-state index contributed by atoms with van der Waals surface area (Å²) in [5.41, 5.74) is 1.04. The highest BCUT2D eigenvalue weighted by atomic mass is 16.5. The van der Waals surface area contributed by atoms with Crippen molar-refractivity contribution in [3.63, 3.8) is 0 Å². The van der Waals surface area contributed by atoms with Crippen LogP contribution in [0.5, 0.6) is 0 Å². The minimum Gasteiger partial charge on any atom is -0.379 e.